The van der Waals surface area contributed by atoms with Crippen molar-refractivity contribution in [2.75, 3.05) is 6.54 Å². The van der Waals surface area contributed by atoms with Gasteiger partial charge in [-0.1, -0.05) is 41.9 Å². The second kappa shape index (κ2) is 8.03. The van der Waals surface area contributed by atoms with E-state index in [9.17, 15) is 0 Å². The van der Waals surface area contributed by atoms with Gasteiger partial charge in [0.25, 0.3) is 5.89 Å². The van der Waals surface area contributed by atoms with Gasteiger partial charge in [-0.3, -0.25) is 0 Å². The molecule has 5 nitrogen and oxygen atoms in total. The van der Waals surface area contributed by atoms with Crippen LogP contribution in [-0.4, -0.2) is 26.7 Å². The first-order chi connectivity index (χ1) is 13.6. The molecule has 0 fully saturated rings. The van der Waals surface area contributed by atoms with Crippen LogP contribution in [0, 0.1) is 0 Å². The molecule has 0 saturated carbocycles. The number of aromatic nitrogens is 2. The maximum atomic E-state index is 6.08. The van der Waals surface area contributed by atoms with Crippen molar-refractivity contribution in [1.82, 2.24) is 20.4 Å². The highest BCUT2D eigenvalue weighted by molar-refractivity contribution is 7.80. The lowest BCUT2D eigenvalue weighted by Gasteiger charge is -2.37. The minimum atomic E-state index is -0.186. The summed E-state index contributed by atoms with van der Waals surface area (Å²) in [5, 5.41) is 11.0. The van der Waals surface area contributed by atoms with Crippen LogP contribution in [0.4, 0.5) is 0 Å². The average Bonchev–Trinajstić information content (AvgIpc) is 3.37. The van der Waals surface area contributed by atoms with Crippen molar-refractivity contribution in [3.63, 3.8) is 0 Å². The van der Waals surface area contributed by atoms with E-state index in [1.807, 2.05) is 41.8 Å². The summed E-state index contributed by atoms with van der Waals surface area (Å²) < 4.78 is 5.69. The molecule has 0 amide bonds. The van der Waals surface area contributed by atoms with E-state index in [0.29, 0.717) is 21.9 Å². The fraction of sp³-hybridized carbons (Fsp3) is 0.250. The second-order valence-electron chi connectivity index (χ2n) is 6.49. The minimum absolute atomic E-state index is 0.186. The van der Waals surface area contributed by atoms with Gasteiger partial charge in [-0.25, -0.2) is 0 Å². The molecule has 4 rings (SSSR count). The van der Waals surface area contributed by atoms with Crippen molar-refractivity contribution < 1.29 is 4.52 Å². The Bertz CT molecular complexity index is 1010. The lowest BCUT2D eigenvalue weighted by Crippen LogP contribution is -2.46. The average molecular weight is 431 g/mol. The topological polar surface area (TPSA) is 54.2 Å². The Kier molecular flexibility index (Phi) is 5.48. The zero-order chi connectivity index (χ0) is 19.7. The van der Waals surface area contributed by atoms with Crippen LogP contribution in [0.1, 0.15) is 37.8 Å². The molecule has 3 heterocycles. The second-order valence-corrected chi connectivity index (χ2v) is 8.26. The molecule has 1 aromatic carbocycles. The summed E-state index contributed by atoms with van der Waals surface area (Å²) in [6.07, 6.45) is 0.975. The third-order valence-electron chi connectivity index (χ3n) is 4.64. The number of rotatable bonds is 5. The molecule has 1 aliphatic rings. The molecule has 144 valence electrons. The number of nitrogens with zero attached hydrogens (tertiary/aromatic N) is 3. The number of thiocarbonyl (C=S) groups is 1. The molecule has 0 aliphatic carbocycles. The van der Waals surface area contributed by atoms with E-state index < -0.39 is 0 Å². The lowest BCUT2D eigenvalue weighted by atomic mass is 9.95. The number of allylic oxidation sites excluding steroid dienone is 1. The SMILES string of the molecule is CCCN1C(=S)NC(c2ccc(Cl)cc2)C(c2nc(-c3cccs3)no2)=C1C. The molecule has 28 heavy (non-hydrogen) atoms. The Labute approximate surface area is 178 Å². The van der Waals surface area contributed by atoms with Gasteiger partial charge in [-0.2, -0.15) is 4.98 Å². The summed E-state index contributed by atoms with van der Waals surface area (Å²) >= 11 is 13.3. The number of halogens is 1. The van der Waals surface area contributed by atoms with E-state index in [1.165, 1.54) is 0 Å². The van der Waals surface area contributed by atoms with Crippen LogP contribution < -0.4 is 5.32 Å². The highest BCUT2D eigenvalue weighted by Gasteiger charge is 2.33. The highest BCUT2D eigenvalue weighted by atomic mass is 35.5. The summed E-state index contributed by atoms with van der Waals surface area (Å²) in [6.45, 7) is 5.00. The Hall–Kier alpha value is -2.22. The Morgan fingerprint density at radius 1 is 1.29 bits per heavy atom. The molecule has 3 aromatic rings. The number of benzene rings is 1. The monoisotopic (exact) mass is 430 g/mol. The van der Waals surface area contributed by atoms with Crippen LogP contribution in [0.2, 0.25) is 5.02 Å². The number of hydrogen-bond donors (Lipinski definition) is 1. The van der Waals surface area contributed by atoms with Crippen LogP contribution >= 0.6 is 35.2 Å². The van der Waals surface area contributed by atoms with Crippen LogP contribution in [0.15, 0.2) is 52.0 Å². The molecular weight excluding hydrogens is 412 g/mol. The van der Waals surface area contributed by atoms with Crippen molar-refractivity contribution in [2.45, 2.75) is 26.3 Å². The van der Waals surface area contributed by atoms with Gasteiger partial charge in [0, 0.05) is 17.3 Å². The van der Waals surface area contributed by atoms with Crippen molar-refractivity contribution in [1.29, 1.82) is 0 Å². The molecule has 0 spiro atoms. The van der Waals surface area contributed by atoms with E-state index in [-0.39, 0.29) is 6.04 Å². The highest BCUT2D eigenvalue weighted by Crippen LogP contribution is 2.38. The smallest absolute Gasteiger partial charge is 0.258 e. The van der Waals surface area contributed by atoms with Gasteiger partial charge in [-0.15, -0.1) is 11.3 Å². The van der Waals surface area contributed by atoms with Crippen molar-refractivity contribution in [3.8, 4) is 10.7 Å². The predicted molar refractivity (Wildman–Crippen MR) is 117 cm³/mol. The van der Waals surface area contributed by atoms with E-state index in [1.54, 1.807) is 11.3 Å². The quantitative estimate of drug-likeness (QED) is 0.537. The standard InChI is InChI=1S/C20H19ClN4OS2/c1-3-10-25-12(2)16(19-23-18(24-26-19)15-5-4-11-28-15)17(22-20(25)27)13-6-8-14(21)9-7-13/h4-9,11,17H,3,10H2,1-2H3,(H,22,27). The first-order valence-electron chi connectivity index (χ1n) is 9.00. The third-order valence-corrected chi connectivity index (χ3v) is 6.10. The van der Waals surface area contributed by atoms with E-state index in [2.05, 4.69) is 34.2 Å². The molecule has 1 unspecified atom stereocenters. The van der Waals surface area contributed by atoms with Gasteiger partial charge in [0.2, 0.25) is 5.82 Å². The summed E-state index contributed by atoms with van der Waals surface area (Å²) in [4.78, 5) is 7.74. The molecule has 0 radical (unpaired) electrons. The molecule has 2 aromatic heterocycles. The number of nitrogens with one attached hydrogen (secondary N) is 1. The predicted octanol–water partition coefficient (Wildman–Crippen LogP) is 5.52. The lowest BCUT2D eigenvalue weighted by molar-refractivity contribution is 0.396. The van der Waals surface area contributed by atoms with Gasteiger partial charge < -0.3 is 14.7 Å². The first kappa shape index (κ1) is 19.1. The summed E-state index contributed by atoms with van der Waals surface area (Å²) in [7, 11) is 0. The van der Waals surface area contributed by atoms with Crippen LogP contribution in [-0.2, 0) is 0 Å². The van der Waals surface area contributed by atoms with Crippen molar-refractivity contribution in [2.24, 2.45) is 0 Å². The van der Waals surface area contributed by atoms with E-state index in [4.69, 9.17) is 28.3 Å². The summed E-state index contributed by atoms with van der Waals surface area (Å²) in [6, 6.07) is 11.5. The normalized spacial score (nSPS) is 17.2. The van der Waals surface area contributed by atoms with Gasteiger partial charge in [0.1, 0.15) is 0 Å². The van der Waals surface area contributed by atoms with Crippen LogP contribution in [0.3, 0.4) is 0 Å². The molecular formula is C20H19ClN4OS2. The maximum Gasteiger partial charge on any atom is 0.258 e. The summed E-state index contributed by atoms with van der Waals surface area (Å²) in [5.41, 5.74) is 2.99. The Morgan fingerprint density at radius 2 is 2.07 bits per heavy atom. The fourth-order valence-electron chi connectivity index (χ4n) is 3.30. The maximum absolute atomic E-state index is 6.08. The van der Waals surface area contributed by atoms with Crippen LogP contribution in [0.5, 0.6) is 0 Å². The zero-order valence-electron chi connectivity index (χ0n) is 15.5. The fourth-order valence-corrected chi connectivity index (χ4v) is 4.42. The molecule has 0 saturated heterocycles. The molecule has 1 N–H and O–H groups in total. The third kappa shape index (κ3) is 3.57. The number of thiophene rings is 1. The van der Waals surface area contributed by atoms with E-state index in [0.717, 1.165) is 34.7 Å². The molecule has 8 heteroatoms. The van der Waals surface area contributed by atoms with Gasteiger partial charge >= 0.3 is 0 Å². The minimum Gasteiger partial charge on any atom is -0.351 e. The molecule has 1 atom stereocenters. The number of hydrogen-bond acceptors (Lipinski definition) is 5. The Balaban J connectivity index is 1.82. The van der Waals surface area contributed by atoms with Crippen molar-refractivity contribution >= 4 is 45.8 Å². The zero-order valence-corrected chi connectivity index (χ0v) is 17.9. The molecule has 1 aliphatic heterocycles. The molecule has 0 bridgehead atoms. The first-order valence-corrected chi connectivity index (χ1v) is 10.7. The van der Waals surface area contributed by atoms with Crippen LogP contribution in [0.25, 0.3) is 16.3 Å². The largest absolute Gasteiger partial charge is 0.351 e. The van der Waals surface area contributed by atoms with Gasteiger partial charge in [0.05, 0.1) is 16.5 Å². The van der Waals surface area contributed by atoms with Gasteiger partial charge in [-0.05, 0) is 54.7 Å². The van der Waals surface area contributed by atoms with Gasteiger partial charge in [0.15, 0.2) is 5.11 Å². The summed E-state index contributed by atoms with van der Waals surface area (Å²) in [5.74, 6) is 1.09. The van der Waals surface area contributed by atoms with Crippen molar-refractivity contribution in [3.05, 3.63) is 64.0 Å². The Morgan fingerprint density at radius 3 is 2.75 bits per heavy atom. The van der Waals surface area contributed by atoms with E-state index >= 15 is 0 Å².